The normalized spacial score (nSPS) is 14.4. The number of esters is 9. The highest BCUT2D eigenvalue weighted by molar-refractivity contribution is 5.93. The molecule has 0 bridgehead atoms. The quantitative estimate of drug-likeness (QED) is 0.0163. The summed E-state index contributed by atoms with van der Waals surface area (Å²) in [6.07, 6.45) is 0.782. The molecule has 6 aromatic rings. The number of ether oxygens (including phenoxy) is 13. The first-order chi connectivity index (χ1) is 55.8. The van der Waals surface area contributed by atoms with E-state index in [2.05, 4.69) is 50.3 Å². The number of H-pyrrole nitrogens is 2. The molecule has 0 unspecified atom stereocenters. The van der Waals surface area contributed by atoms with Crippen LogP contribution >= 0.6 is 0 Å². The van der Waals surface area contributed by atoms with Gasteiger partial charge in [0.15, 0.2) is 48.8 Å². The lowest BCUT2D eigenvalue weighted by molar-refractivity contribution is -0.184. The summed E-state index contributed by atoms with van der Waals surface area (Å²) in [5, 5.41) is 37.8. The maximum Gasteiger partial charge on any atom is 0.347 e. The van der Waals surface area contributed by atoms with Gasteiger partial charge in [0.1, 0.15) is 42.8 Å². The number of aliphatic hydroxyl groups is 1. The number of benzene rings is 4. The Morgan fingerprint density at radius 2 is 0.795 bits per heavy atom. The molecule has 4 aromatic carbocycles. The average molecular weight is 1640 g/mol. The van der Waals surface area contributed by atoms with Gasteiger partial charge in [0.05, 0.1) is 51.1 Å². The summed E-state index contributed by atoms with van der Waals surface area (Å²) >= 11 is 0. The molecule has 2 aromatic heterocycles. The standard InChI is InChI=1S/C40H51N5O13.C26H33N5O4.C14H20O10/c1-25(56-38(49)27(3)58-39(50)28(4)57-37(48)26(2)55-29(5)46)36(47)54-19-17-45(24-30-10-9-11-33(20-30)52-6)40(51)43-34-13-12-31(32-22-41-42-23-32)21-35(34)53-18-16-44-14-7-8-15-44;1-34-23-6-4-5-20(15-23)19-31(11-13-32)26(33)29-24-8-7-21(22-17-27-28-18-22)16-25(24)35-14-12-30-9-2-3-10-30;1-6(11(16)17)22-13(19)8(3)24-14(20)9(4)23-12(18)7(2)21-10(5)15/h9-13,20-23,25-28H,7-8,14-19,24H2,1-6H3,(H,41,42)(H,43,51);4-8,15-18,32H,2-3,9-14,19H2,1H3,(H,27,28)(H,29,33);6-9H,1-5H3,(H,16,17)/t25-,26-,27-,28-;;6-,7-,8-,9-/m0.0/s1. The van der Waals surface area contributed by atoms with E-state index in [4.69, 9.17) is 57.2 Å². The number of hydrogen-bond acceptors (Lipinski definition) is 30. The molecule has 0 aliphatic carbocycles. The number of aliphatic hydroxyl groups excluding tert-OH is 1. The van der Waals surface area contributed by atoms with Gasteiger partial charge in [-0.25, -0.2) is 47.9 Å². The van der Waals surface area contributed by atoms with Crippen molar-refractivity contribution < 1.29 is 129 Å². The number of aromatic amines is 2. The van der Waals surface area contributed by atoms with E-state index >= 15 is 0 Å². The number of urea groups is 2. The fourth-order valence-electron chi connectivity index (χ4n) is 11.1. The van der Waals surface area contributed by atoms with Crippen LogP contribution in [0.2, 0.25) is 0 Å². The lowest BCUT2D eigenvalue weighted by Gasteiger charge is -2.25. The van der Waals surface area contributed by atoms with E-state index in [0.717, 1.165) is 112 Å². The number of methoxy groups -OCH3 is 2. The number of carboxylic acid groups (broad SMARTS) is 1. The first-order valence-electron chi connectivity index (χ1n) is 37.8. The van der Waals surface area contributed by atoms with E-state index in [1.807, 2.05) is 66.9 Å². The molecule has 4 amide bonds. The number of rotatable bonds is 39. The topological polar surface area (TPSA) is 460 Å². The summed E-state index contributed by atoms with van der Waals surface area (Å²) in [7, 11) is 3.14. The number of carboxylic acids is 1. The molecule has 6 N–H and O–H groups in total. The van der Waals surface area contributed by atoms with Crippen LogP contribution in [0, 0.1) is 0 Å². The third-order valence-corrected chi connectivity index (χ3v) is 17.5. The molecule has 37 heteroatoms. The highest BCUT2D eigenvalue weighted by atomic mass is 16.7. The largest absolute Gasteiger partial charge is 0.497 e. The Bertz CT molecular complexity index is 4250. The van der Waals surface area contributed by atoms with E-state index in [0.29, 0.717) is 48.4 Å². The number of carbonyl (C=O) groups excluding carboxylic acids is 11. The van der Waals surface area contributed by atoms with Crippen molar-refractivity contribution in [2.45, 2.75) is 157 Å². The van der Waals surface area contributed by atoms with Crippen molar-refractivity contribution in [2.24, 2.45) is 0 Å². The van der Waals surface area contributed by atoms with E-state index in [1.165, 1.54) is 73.3 Å². The second kappa shape index (κ2) is 48.1. The molecule has 8 rings (SSSR count). The summed E-state index contributed by atoms with van der Waals surface area (Å²) < 4.78 is 66.8. The zero-order chi connectivity index (χ0) is 85.7. The fraction of sp³-hybridized carbons (Fsp3) is 0.475. The van der Waals surface area contributed by atoms with Crippen LogP contribution < -0.4 is 29.6 Å². The van der Waals surface area contributed by atoms with Gasteiger partial charge in [-0.1, -0.05) is 36.4 Å². The SMILES string of the molecule is CC(=O)O[C@@H](C)C(=O)O[C@@H](C)C(=O)O[C@@H](C)C(=O)O[C@@H](C)C(=O)O.COc1cccc(CN(CCO)C(=O)Nc2ccc(-c3cn[nH]c3)cc2OCCN2CCCC2)c1.COc1cccc(CN(CCOC(=O)[C@H](C)OC(=O)[C@H](C)OC(=O)[C@H](C)OC(=O)[C@H](C)OC(C)=O)C(=O)Nc2ccc(-c3cn[nH]c3)cc2OCCN2CCCC2)c1. The molecule has 117 heavy (non-hydrogen) atoms. The number of nitrogens with zero attached hydrogens (tertiary/aromatic N) is 6. The van der Waals surface area contributed by atoms with Crippen LogP contribution in [0.5, 0.6) is 23.0 Å². The lowest BCUT2D eigenvalue weighted by Crippen LogP contribution is -2.39. The molecule has 0 spiro atoms. The molecule has 2 fully saturated rings. The monoisotopic (exact) mass is 1640 g/mol. The predicted molar refractivity (Wildman–Crippen MR) is 417 cm³/mol. The Hall–Kier alpha value is -12.4. The summed E-state index contributed by atoms with van der Waals surface area (Å²) in [6.45, 7) is 18.9. The van der Waals surface area contributed by atoms with Crippen LogP contribution in [0.25, 0.3) is 22.3 Å². The Labute approximate surface area is 676 Å². The van der Waals surface area contributed by atoms with E-state index < -0.39 is 115 Å². The molecule has 4 heterocycles. The van der Waals surface area contributed by atoms with E-state index in [1.54, 1.807) is 54.9 Å². The van der Waals surface area contributed by atoms with Crippen LogP contribution in [-0.4, -0.2) is 264 Å². The predicted octanol–water partition coefficient (Wildman–Crippen LogP) is 7.29. The highest BCUT2D eigenvalue weighted by Gasteiger charge is 2.33. The van der Waals surface area contributed by atoms with E-state index in [-0.39, 0.29) is 38.9 Å². The molecule has 0 saturated carbocycles. The second-order valence-electron chi connectivity index (χ2n) is 26.8. The number of hydrogen-bond donors (Lipinski definition) is 6. The lowest BCUT2D eigenvalue weighted by atomic mass is 10.1. The average Bonchev–Trinajstić information content (AvgIpc) is 1.74. The molecule has 2 aliphatic heterocycles. The number of anilines is 2. The Kier molecular flexibility index (Phi) is 38.4. The number of amides is 4. The van der Waals surface area contributed by atoms with Gasteiger partial charge < -0.3 is 92.2 Å². The van der Waals surface area contributed by atoms with Gasteiger partial charge >= 0.3 is 71.8 Å². The molecule has 636 valence electrons. The second-order valence-corrected chi connectivity index (χ2v) is 26.8. The van der Waals surface area contributed by atoms with Gasteiger partial charge in [0.25, 0.3) is 0 Å². The van der Waals surface area contributed by atoms with Gasteiger partial charge in [0.2, 0.25) is 0 Å². The molecular weight excluding hydrogens is 1530 g/mol. The first kappa shape index (κ1) is 93.5. The Balaban J connectivity index is 0.000000304. The van der Waals surface area contributed by atoms with Crippen molar-refractivity contribution in [3.05, 3.63) is 121 Å². The summed E-state index contributed by atoms with van der Waals surface area (Å²) in [4.78, 5) is 152. The number of aliphatic carboxylic acids is 1. The van der Waals surface area contributed by atoms with Crippen molar-refractivity contribution in [3.8, 4) is 45.3 Å². The number of likely N-dealkylation sites (tertiary alicyclic amines) is 2. The first-order valence-corrected chi connectivity index (χ1v) is 37.8. The van der Waals surface area contributed by atoms with Gasteiger partial charge in [0, 0.05) is 70.1 Å². The van der Waals surface area contributed by atoms with Crippen molar-refractivity contribution >= 4 is 83.1 Å². The van der Waals surface area contributed by atoms with Crippen molar-refractivity contribution in [1.82, 2.24) is 40.0 Å². The molecule has 2 aliphatic rings. The Morgan fingerprint density at radius 3 is 1.13 bits per heavy atom. The van der Waals surface area contributed by atoms with Crippen LogP contribution in [0.4, 0.5) is 21.0 Å². The van der Waals surface area contributed by atoms with Crippen molar-refractivity contribution in [2.75, 3.05) is 104 Å². The molecule has 0 radical (unpaired) electrons. The number of carbonyl (C=O) groups is 12. The van der Waals surface area contributed by atoms with Gasteiger partial charge in [-0.2, -0.15) is 10.2 Å². The smallest absolute Gasteiger partial charge is 0.347 e. The molecule has 8 atom stereocenters. The molecular formula is C80H104N10O27. The zero-order valence-electron chi connectivity index (χ0n) is 67.5. The fourth-order valence-corrected chi connectivity index (χ4v) is 11.1. The van der Waals surface area contributed by atoms with Gasteiger partial charge in [-0.15, -0.1) is 0 Å². The van der Waals surface area contributed by atoms with Crippen LogP contribution in [-0.2, 0) is 104 Å². The van der Waals surface area contributed by atoms with Crippen LogP contribution in [0.15, 0.2) is 110 Å². The maximum absolute atomic E-state index is 13.9. The van der Waals surface area contributed by atoms with Gasteiger partial charge in [-0.05, 0) is 178 Å². The molecule has 2 saturated heterocycles. The third kappa shape index (κ3) is 32.1. The minimum atomic E-state index is -1.49. The van der Waals surface area contributed by atoms with Crippen LogP contribution in [0.1, 0.15) is 106 Å². The third-order valence-electron chi connectivity index (χ3n) is 17.5. The highest BCUT2D eigenvalue weighted by Crippen LogP contribution is 2.34. The zero-order valence-corrected chi connectivity index (χ0v) is 67.5. The number of aromatic nitrogens is 4. The Morgan fingerprint density at radius 1 is 0.444 bits per heavy atom. The summed E-state index contributed by atoms with van der Waals surface area (Å²) in [6, 6.07) is 25.0. The summed E-state index contributed by atoms with van der Waals surface area (Å²) in [5.74, 6) is -7.53. The van der Waals surface area contributed by atoms with Crippen molar-refractivity contribution in [3.63, 3.8) is 0 Å². The molecule has 37 nitrogen and oxygen atoms in total. The minimum Gasteiger partial charge on any atom is -0.497 e. The summed E-state index contributed by atoms with van der Waals surface area (Å²) in [5.41, 5.74) is 6.23. The van der Waals surface area contributed by atoms with Crippen LogP contribution in [0.3, 0.4) is 0 Å². The number of nitrogens with one attached hydrogen (secondary N) is 4. The van der Waals surface area contributed by atoms with Crippen molar-refractivity contribution in [1.29, 1.82) is 0 Å². The maximum atomic E-state index is 13.9. The van der Waals surface area contributed by atoms with E-state index in [9.17, 15) is 62.6 Å². The minimum absolute atomic E-state index is 0.0611. The van der Waals surface area contributed by atoms with Gasteiger partial charge in [-0.3, -0.25) is 29.6 Å².